The molecule has 0 atom stereocenters. The van der Waals surface area contributed by atoms with Crippen molar-refractivity contribution < 1.29 is 229 Å². The standard InChI is InChI=1S/C13H21NO7.C12H17NO6.C10H10N2O5S.C10H13NO6.C10H15NO6.C9H11NO7.C9H13NO6.C9H13NO5.5CH4/c1-18-8-6-14(7-9-19-2)11(15)10-21-13(17)5-4-12(16)20-3;1-9(14)4-3-7-13-10(15)8-19-12(17)6-5-11(16)18-2;1-16-8(14)2-3-9(15)17-6-7(13)12-10-11-4-5-18-10;1-7(12)5-11-8(13)6-17-10(15)4-3-9(14)16-2;1-15-6-5-11-8(12)7-17-10(14)4-3-9(13)16-2;1-15-7(12)3-4-8(13)17-5-6(11)10-9(14)16-2;1-10(15-3)7(11)6-16-9(13)5-4-8(12)14-2;1-10(2)7(11)6-15-9(13)5-4-8(12)14-3;;;;;/h4-5H,6-10H2,1-3H3;5-6H,3-4,7-8H2,1-2H3,(H,13,15);2-5H,6H2,1H3,(H,11,12,13);3-4H,5-6H2,1-2H3,(H,11,13);3-4H,5-7H2,1-2H3,(H,11,12);3-4H,5H2,1-2H3,(H,10,11,14);4-5H,6H2,1-3H3;4-5H,6H2,1-3H3;5*1H4/b5-4+;6-5+;3-2+;3*4-3+;2*5-4+;;;;;. The van der Waals surface area contributed by atoms with E-state index in [1.807, 2.05) is 0 Å². The molecule has 1 heterocycles. The molecule has 0 radical (unpaired) electrons. The van der Waals surface area contributed by atoms with E-state index < -0.39 is 183 Å². The van der Waals surface area contributed by atoms with Crippen molar-refractivity contribution in [1.29, 1.82) is 0 Å². The minimum Gasteiger partial charge on any atom is -0.466 e. The molecule has 0 saturated heterocycles. The first-order chi connectivity index (χ1) is 66.1. The predicted molar refractivity (Wildman–Crippen MR) is 502 cm³/mol. The van der Waals surface area contributed by atoms with Gasteiger partial charge >= 0.3 is 102 Å². The summed E-state index contributed by atoms with van der Waals surface area (Å²) < 4.78 is 89.1. The second-order valence-corrected chi connectivity index (χ2v) is 24.7. The van der Waals surface area contributed by atoms with E-state index in [0.717, 1.165) is 124 Å². The van der Waals surface area contributed by atoms with Crippen LogP contribution in [0.25, 0.3) is 0 Å². The Balaban J connectivity index is -0.000000139. The number of carbonyl (C=O) groups excluding carboxylic acids is 27. The molecule has 0 fully saturated rings. The van der Waals surface area contributed by atoms with Gasteiger partial charge in [-0.2, -0.15) is 0 Å². The van der Waals surface area contributed by atoms with Gasteiger partial charge in [-0.3, -0.25) is 58.6 Å². The van der Waals surface area contributed by atoms with Gasteiger partial charge in [-0.05, 0) is 20.3 Å². The summed E-state index contributed by atoms with van der Waals surface area (Å²) in [6.07, 6.45) is 15.6. The fraction of sp³-hybridized carbons (Fsp3) is 0.471. The lowest BCUT2D eigenvalue weighted by Crippen LogP contribution is -2.39. The molecular weight excluding hydrogens is 1970 g/mol. The van der Waals surface area contributed by atoms with Gasteiger partial charge in [-0.1, -0.05) is 37.1 Å². The molecule has 0 spiro atoms. The number of ketones is 2. The normalized spacial score (nSPS) is 9.61. The first-order valence-corrected chi connectivity index (χ1v) is 39.6. The molecule has 5 N–H and O–H groups in total. The highest BCUT2D eigenvalue weighted by Crippen LogP contribution is 2.10. The number of Topliss-reactive ketones (excluding diaryl/α,β-unsaturated/α-hetero) is 2. The number of nitrogens with zero attached hydrogens (tertiary/aromatic N) is 4. The molecule has 0 aromatic carbocycles. The smallest absolute Gasteiger partial charge is 0.413 e. The Morgan fingerprint density at radius 3 is 0.841 bits per heavy atom. The van der Waals surface area contributed by atoms with Crippen molar-refractivity contribution in [2.75, 3.05) is 224 Å². The van der Waals surface area contributed by atoms with Crippen LogP contribution in [-0.4, -0.2) is 399 Å². The number of rotatable bonds is 49. The van der Waals surface area contributed by atoms with Crippen LogP contribution >= 0.6 is 11.3 Å². The Bertz CT molecular complexity index is 4390. The topological polar surface area (TPSA) is 737 Å². The maximum atomic E-state index is 11.9. The van der Waals surface area contributed by atoms with Crippen LogP contribution in [-0.2, 0) is 224 Å². The first kappa shape index (κ1) is 154. The fourth-order valence-corrected chi connectivity index (χ4v) is 6.70. The third kappa shape index (κ3) is 109. The predicted octanol–water partition coefficient (Wildman–Crippen LogP) is -1.59. The number of ether oxygens (including phenoxy) is 20. The molecule has 0 bridgehead atoms. The van der Waals surface area contributed by atoms with E-state index in [9.17, 15) is 129 Å². The molecule has 0 aliphatic carbocycles. The van der Waals surface area contributed by atoms with Crippen molar-refractivity contribution >= 4 is 177 Å². The molecule has 57 nitrogen and oxygen atoms in total. The van der Waals surface area contributed by atoms with Gasteiger partial charge in [0, 0.05) is 184 Å². The fourth-order valence-electron chi connectivity index (χ4n) is 6.15. The van der Waals surface area contributed by atoms with E-state index in [1.54, 1.807) is 24.8 Å². The Morgan fingerprint density at radius 2 is 0.579 bits per heavy atom. The first-order valence-electron chi connectivity index (χ1n) is 38.7. The van der Waals surface area contributed by atoms with Crippen LogP contribution in [0.1, 0.15) is 63.8 Å². The SMILES string of the molecule is C.C.C.C.C.COC(=O)/C=C/C(=O)OCC(=O)N(C)C.COC(=O)/C=C/C(=O)OCC(=O)N(C)OC.COC(=O)/C=C/C(=O)OCC(=O)NC(=O)OC.COC(=O)/C=C/C(=O)OCC(=O)NCC(C)=O.COC(=O)/C=C/C(=O)OCC(=O)NCCCC(C)=O.COC(=O)/C=C/C(=O)OCC(=O)Nc1nccs1.COCCN(CCOC)C(=O)COC(=O)/C=C/C(=O)OC.COCCNC(=O)COC(=O)/C=C/C(=O)OC. The van der Waals surface area contributed by atoms with Crippen molar-refractivity contribution in [1.82, 2.24) is 41.1 Å². The third-order valence-corrected chi connectivity index (χ3v) is 13.8. The van der Waals surface area contributed by atoms with Crippen LogP contribution in [0.4, 0.5) is 9.93 Å². The van der Waals surface area contributed by atoms with Crippen LogP contribution in [0.3, 0.4) is 0 Å². The average molecular weight is 2110 g/mol. The summed E-state index contributed by atoms with van der Waals surface area (Å²) in [5.74, 6) is -16.4. The highest BCUT2D eigenvalue weighted by Gasteiger charge is 2.18. The molecule has 0 aliphatic rings. The zero-order valence-corrected chi connectivity index (χ0v) is 80.2. The zero-order chi connectivity index (χ0) is 108. The average Bonchev–Trinajstić information content (AvgIpc) is 1.92. The summed E-state index contributed by atoms with van der Waals surface area (Å²) >= 11 is 1.24. The lowest BCUT2D eigenvalue weighted by atomic mass is 10.2. The largest absolute Gasteiger partial charge is 0.466 e. The Kier molecular flexibility index (Phi) is 110. The van der Waals surface area contributed by atoms with Gasteiger partial charge in [0.1, 0.15) is 11.6 Å². The second kappa shape index (κ2) is 103. The number of carbonyl (C=O) groups is 27. The van der Waals surface area contributed by atoms with Crippen LogP contribution < -0.4 is 26.6 Å². The van der Waals surface area contributed by atoms with Gasteiger partial charge in [0.2, 0.25) is 0 Å². The highest BCUT2D eigenvalue weighted by atomic mass is 32.1. The summed E-state index contributed by atoms with van der Waals surface area (Å²) in [4.78, 5) is 305. The van der Waals surface area contributed by atoms with Crippen molar-refractivity contribution in [3.8, 4) is 0 Å². The molecule has 1 aromatic rings. The van der Waals surface area contributed by atoms with E-state index in [0.29, 0.717) is 64.0 Å². The van der Waals surface area contributed by atoms with Crippen LogP contribution in [0.2, 0.25) is 0 Å². The molecule has 820 valence electrons. The molecule has 1 aromatic heterocycles. The van der Waals surface area contributed by atoms with Gasteiger partial charge in [-0.15, -0.1) is 11.3 Å². The number of hydrogen-bond acceptors (Lipinski definition) is 50. The highest BCUT2D eigenvalue weighted by molar-refractivity contribution is 7.13. The number of alkyl carbamates (subject to hydrolysis) is 1. The van der Waals surface area contributed by atoms with Gasteiger partial charge in [-0.25, -0.2) is 91.6 Å². The van der Waals surface area contributed by atoms with Gasteiger partial charge < -0.3 is 125 Å². The van der Waals surface area contributed by atoms with Crippen LogP contribution in [0, 0.1) is 0 Å². The lowest BCUT2D eigenvalue weighted by Gasteiger charge is -2.21. The van der Waals surface area contributed by atoms with Gasteiger partial charge in [0.15, 0.2) is 58.0 Å². The van der Waals surface area contributed by atoms with Crippen molar-refractivity contribution in [2.24, 2.45) is 0 Å². The number of esters is 16. The summed E-state index contributed by atoms with van der Waals surface area (Å²) in [7, 11) is 20.8. The number of amides is 9. The molecule has 0 unspecified atom stereocenters. The van der Waals surface area contributed by atoms with Crippen molar-refractivity contribution in [2.45, 2.75) is 63.8 Å². The molecular formula is C87H133N9O48S. The maximum absolute atomic E-state index is 11.9. The van der Waals surface area contributed by atoms with Crippen LogP contribution in [0.15, 0.2) is 109 Å². The van der Waals surface area contributed by atoms with Gasteiger partial charge in [0.25, 0.3) is 47.3 Å². The quantitative estimate of drug-likeness (QED) is 0.0161. The second-order valence-electron chi connectivity index (χ2n) is 23.8. The number of hydrogen-bond donors (Lipinski definition) is 5. The molecule has 58 heteroatoms. The number of nitrogens with one attached hydrogen (secondary N) is 5. The van der Waals surface area contributed by atoms with E-state index in [-0.39, 0.29) is 73.7 Å². The monoisotopic (exact) mass is 2100 g/mol. The molecule has 0 saturated carbocycles. The minimum absolute atomic E-state index is 0. The molecule has 1 rings (SSSR count). The lowest BCUT2D eigenvalue weighted by molar-refractivity contribution is -0.175. The van der Waals surface area contributed by atoms with Gasteiger partial charge in [0.05, 0.1) is 97.5 Å². The van der Waals surface area contributed by atoms with Crippen molar-refractivity contribution in [3.05, 3.63) is 109 Å². The van der Waals surface area contributed by atoms with Crippen molar-refractivity contribution in [3.63, 3.8) is 0 Å². The van der Waals surface area contributed by atoms with E-state index in [2.05, 4.69) is 107 Å². The number of anilines is 1. The number of imide groups is 1. The number of likely N-dealkylation sites (N-methyl/N-ethyl adjacent to an activating group) is 2. The minimum atomic E-state index is -0.962. The van der Waals surface area contributed by atoms with E-state index in [1.165, 1.54) is 119 Å². The van der Waals surface area contributed by atoms with Crippen LogP contribution in [0.5, 0.6) is 0 Å². The number of hydroxylamine groups is 2. The summed E-state index contributed by atoms with van der Waals surface area (Å²) in [5.41, 5.74) is 0. The molecule has 145 heavy (non-hydrogen) atoms. The summed E-state index contributed by atoms with van der Waals surface area (Å²) in [5, 5.41) is 14.4. The maximum Gasteiger partial charge on any atom is 0.413 e. The number of aromatic nitrogens is 1. The zero-order valence-electron chi connectivity index (χ0n) is 79.4. The Morgan fingerprint density at radius 1 is 0.310 bits per heavy atom. The molecule has 0 aliphatic heterocycles. The Labute approximate surface area is 840 Å². The summed E-state index contributed by atoms with van der Waals surface area (Å²) in [6.45, 7) is 1.47. The number of methoxy groups -OCH3 is 12. The molecule has 9 amide bonds. The van der Waals surface area contributed by atoms with E-state index in [4.69, 9.17) is 18.9 Å². The number of thiazole rings is 1. The Hall–Kier alpha value is -16.5. The third-order valence-electron chi connectivity index (χ3n) is 13.1. The van der Waals surface area contributed by atoms with E-state index >= 15 is 0 Å². The summed E-state index contributed by atoms with van der Waals surface area (Å²) in [6, 6.07) is 0.